The Morgan fingerprint density at radius 2 is 0.793 bits per heavy atom. The summed E-state index contributed by atoms with van der Waals surface area (Å²) in [5.74, 6) is 0. The first-order valence-corrected chi connectivity index (χ1v) is 28.5. The van der Waals surface area contributed by atoms with Crippen LogP contribution < -0.4 is 0 Å². The fourth-order valence-corrected chi connectivity index (χ4v) is 17.4. The molecular weight excluding hydrogens is 964 g/mol. The van der Waals surface area contributed by atoms with E-state index < -0.39 is 105 Å². The highest BCUT2D eigenvalue weighted by molar-refractivity contribution is 7.70. The largest absolute Gasteiger partial charge is 0.490 e. The Morgan fingerprint density at radius 3 is 1.14 bits per heavy atom. The van der Waals surface area contributed by atoms with Crippen LogP contribution in [0.15, 0.2) is 0 Å². The van der Waals surface area contributed by atoms with E-state index in [1.54, 1.807) is 0 Å². The molecule has 10 saturated heterocycles. The van der Waals surface area contributed by atoms with Crippen LogP contribution in [-0.4, -0.2) is 115 Å². The Bertz CT molecular complexity index is 1780. The van der Waals surface area contributed by atoms with Crippen molar-refractivity contribution in [1.29, 1.82) is 0 Å². The Labute approximate surface area is 328 Å². The zero-order valence-electron chi connectivity index (χ0n) is 29.7. The van der Waals surface area contributed by atoms with Crippen molar-refractivity contribution in [2.45, 2.75) is 12.8 Å². The van der Waals surface area contributed by atoms with E-state index in [4.69, 9.17) is 76.7 Å². The first-order chi connectivity index (χ1) is 27.0. The van der Waals surface area contributed by atoms with Gasteiger partial charge >= 0.3 is 62.6 Å². The van der Waals surface area contributed by atoms with Gasteiger partial charge in [0.15, 0.2) is 0 Å². The van der Waals surface area contributed by atoms with Gasteiger partial charge in [0.2, 0.25) is 0 Å². The second-order valence-electron chi connectivity index (χ2n) is 13.7. The number of hydrogen-bond acceptors (Lipinski definition) is 27. The van der Waals surface area contributed by atoms with Crippen LogP contribution in [-0.2, 0) is 122 Å². The molecule has 6 bridgehead atoms. The van der Waals surface area contributed by atoms with E-state index in [9.17, 15) is 46.3 Å². The molecular formula is C21H38O29P8. The fourth-order valence-electron chi connectivity index (χ4n) is 5.19. The van der Waals surface area contributed by atoms with Gasteiger partial charge in [-0.2, -0.15) is 12.9 Å². The van der Waals surface area contributed by atoms with Crippen molar-refractivity contribution in [3.63, 3.8) is 0 Å². The third-order valence-electron chi connectivity index (χ3n) is 8.53. The van der Waals surface area contributed by atoms with Gasteiger partial charge in [-0.3, -0.25) is 72.4 Å². The third-order valence-corrected chi connectivity index (χ3v) is 20.8. The van der Waals surface area contributed by atoms with Crippen LogP contribution in [0, 0.1) is 16.2 Å². The number of hydrogen-bond donors (Lipinski definition) is 2. The van der Waals surface area contributed by atoms with E-state index in [1.807, 2.05) is 0 Å². The zero-order valence-corrected chi connectivity index (χ0v) is 36.9. The van der Waals surface area contributed by atoms with Crippen LogP contribution in [0.5, 0.6) is 0 Å². The van der Waals surface area contributed by atoms with Crippen molar-refractivity contribution < 1.29 is 132 Å². The maximum Gasteiger partial charge on any atom is 0.490 e. The van der Waals surface area contributed by atoms with Crippen molar-refractivity contribution in [1.82, 2.24) is 0 Å². The zero-order chi connectivity index (χ0) is 41.7. The average molecular weight is 1000 g/mol. The predicted octanol–water partition coefficient (Wildman–Crippen LogP) is 4.99. The minimum Gasteiger partial charge on any atom is -0.302 e. The fraction of sp³-hybridized carbons (Fsp3) is 1.00. The summed E-state index contributed by atoms with van der Waals surface area (Å²) in [5, 5.41) is 0. The molecule has 3 atom stereocenters. The van der Waals surface area contributed by atoms with E-state index in [0.717, 1.165) is 0 Å². The molecule has 3 unspecified atom stereocenters. The normalized spacial score (nSPS) is 40.9. The van der Waals surface area contributed by atoms with Crippen molar-refractivity contribution in [2.24, 2.45) is 16.2 Å². The first-order valence-electron chi connectivity index (χ1n) is 16.7. The van der Waals surface area contributed by atoms with Crippen molar-refractivity contribution in [3.8, 4) is 0 Å². The topological polar surface area (TPSA) is 352 Å². The Morgan fingerprint density at radius 1 is 0.466 bits per heavy atom. The number of phosphoric acid groups is 8. The number of rotatable bonds is 21. The SMILES string of the molecule is O=P(O)(OP(=O)(O)OP(=O)(OCC12COP(=O)(OC1)OC2)OCC12COP(=O)(OC1)OC2)OP(=O)(OCCCOP1(=O)OCCCO1)OCC12COP(=O)(OC1)OC2. The van der Waals surface area contributed by atoms with E-state index in [2.05, 4.69) is 8.62 Å². The molecule has 0 aromatic heterocycles. The van der Waals surface area contributed by atoms with Gasteiger partial charge in [0.05, 0.1) is 122 Å². The smallest absolute Gasteiger partial charge is 0.302 e. The minimum absolute atomic E-state index is 0.102. The van der Waals surface area contributed by atoms with Crippen LogP contribution >= 0.6 is 62.6 Å². The molecule has 0 aromatic rings. The van der Waals surface area contributed by atoms with Crippen molar-refractivity contribution in [2.75, 3.05) is 106 Å². The van der Waals surface area contributed by atoms with E-state index in [-0.39, 0.29) is 85.7 Å². The van der Waals surface area contributed by atoms with Gasteiger partial charge in [-0.15, -0.1) is 0 Å². The summed E-state index contributed by atoms with van der Waals surface area (Å²) in [6, 6.07) is 0. The standard InChI is InChI=1S/C21H38O29P8/c22-51(23,49-57(30,35-6-2-5-34-53(26)32-3-1-4-33-53)45-16-19-7-36-54(27,37-8-19)38-9-19)48-52(24,25)50-58(31,46-17-20-10-39-55(28,40-11-20)41-12-20)47-18-21-13-42-56(29,43-14-21)44-15-21/h1-18H2,(H,22,23)(H,24,25). The maximum absolute atomic E-state index is 14.0. The van der Waals surface area contributed by atoms with Gasteiger partial charge in [-0.1, -0.05) is 0 Å². The van der Waals surface area contributed by atoms with Crippen LogP contribution in [0.25, 0.3) is 0 Å². The predicted molar refractivity (Wildman–Crippen MR) is 180 cm³/mol. The summed E-state index contributed by atoms with van der Waals surface area (Å²) >= 11 is 0. The Kier molecular flexibility index (Phi) is 14.1. The summed E-state index contributed by atoms with van der Waals surface area (Å²) in [7, 11) is -38.5. The molecule has 0 spiro atoms. The molecule has 10 heterocycles. The van der Waals surface area contributed by atoms with Crippen LogP contribution in [0.3, 0.4) is 0 Å². The first kappa shape index (κ1) is 47.0. The van der Waals surface area contributed by atoms with Gasteiger partial charge in [0.1, 0.15) is 0 Å². The Balaban J connectivity index is 1.02. The lowest BCUT2D eigenvalue weighted by Gasteiger charge is -2.44. The molecule has 336 valence electrons. The number of phosphoric ester groups is 6. The van der Waals surface area contributed by atoms with Crippen LogP contribution in [0.4, 0.5) is 0 Å². The molecule has 2 N–H and O–H groups in total. The molecule has 0 amide bonds. The summed E-state index contributed by atoms with van der Waals surface area (Å²) in [6.07, 6.45) is 0.229. The maximum atomic E-state index is 14.0. The molecule has 0 aliphatic carbocycles. The molecule has 0 saturated carbocycles. The third kappa shape index (κ3) is 11.8. The highest BCUT2D eigenvalue weighted by Gasteiger charge is 2.57. The van der Waals surface area contributed by atoms with Gasteiger partial charge in [-0.25, -0.2) is 36.5 Å². The second-order valence-corrected chi connectivity index (χ2v) is 27.0. The van der Waals surface area contributed by atoms with Gasteiger partial charge in [0.25, 0.3) is 0 Å². The van der Waals surface area contributed by atoms with Crippen LogP contribution in [0.1, 0.15) is 12.8 Å². The van der Waals surface area contributed by atoms with Crippen molar-refractivity contribution >= 4 is 62.6 Å². The lowest BCUT2D eigenvalue weighted by molar-refractivity contribution is -0.121. The van der Waals surface area contributed by atoms with Crippen LogP contribution in [0.2, 0.25) is 0 Å². The van der Waals surface area contributed by atoms with Gasteiger partial charge in [-0.05, 0) is 12.8 Å². The lowest BCUT2D eigenvalue weighted by atomic mass is 9.93. The van der Waals surface area contributed by atoms with Gasteiger partial charge in [0, 0.05) is 0 Å². The molecule has 0 radical (unpaired) electrons. The summed E-state index contributed by atoms with van der Waals surface area (Å²) in [5.41, 5.74) is -3.92. The highest BCUT2D eigenvalue weighted by atomic mass is 31.3. The van der Waals surface area contributed by atoms with Crippen molar-refractivity contribution in [3.05, 3.63) is 0 Å². The van der Waals surface area contributed by atoms with Gasteiger partial charge < -0.3 is 9.79 Å². The van der Waals surface area contributed by atoms with E-state index in [0.29, 0.717) is 6.42 Å². The molecule has 37 heteroatoms. The quantitative estimate of drug-likeness (QED) is 0.113. The Hall–Kier alpha value is 1.000. The molecule has 10 aliphatic rings. The second kappa shape index (κ2) is 17.4. The minimum atomic E-state index is -6.18. The lowest BCUT2D eigenvalue weighted by Crippen LogP contribution is -2.48. The molecule has 58 heavy (non-hydrogen) atoms. The molecule has 0 aromatic carbocycles. The average Bonchev–Trinajstić information content (AvgIpc) is 3.17. The summed E-state index contributed by atoms with van der Waals surface area (Å²) in [4.78, 5) is 21.3. The monoisotopic (exact) mass is 1000 g/mol. The molecule has 10 rings (SSSR count). The molecule has 29 nitrogen and oxygen atoms in total. The highest BCUT2D eigenvalue weighted by Crippen LogP contribution is 2.74. The summed E-state index contributed by atoms with van der Waals surface area (Å²) < 4.78 is 199. The summed E-state index contributed by atoms with van der Waals surface area (Å²) in [6.45, 7) is -5.93. The van der Waals surface area contributed by atoms with E-state index in [1.165, 1.54) is 0 Å². The molecule has 10 fully saturated rings. The van der Waals surface area contributed by atoms with E-state index >= 15 is 0 Å². The molecule has 10 aliphatic heterocycles. The number of fused-ring (bicyclic) bond motifs is 9.